The first-order valence-corrected chi connectivity index (χ1v) is 14.6. The van der Waals surface area contributed by atoms with Crippen LogP contribution in [0.3, 0.4) is 0 Å². The van der Waals surface area contributed by atoms with Gasteiger partial charge in [0.25, 0.3) is 0 Å². The van der Waals surface area contributed by atoms with E-state index >= 15 is 0 Å². The molecule has 0 spiro atoms. The molecule has 1 aromatic carbocycles. The van der Waals surface area contributed by atoms with Gasteiger partial charge in [-0.25, -0.2) is 9.48 Å². The Labute approximate surface area is 247 Å². The van der Waals surface area contributed by atoms with E-state index in [1.807, 2.05) is 0 Å². The molecule has 4 aliphatic carbocycles. The Hall–Kier alpha value is -3.54. The lowest BCUT2D eigenvalue weighted by atomic mass is 9.52. The van der Waals surface area contributed by atoms with Crippen LogP contribution in [0.4, 0.5) is 5.82 Å². The van der Waals surface area contributed by atoms with Gasteiger partial charge in [-0.3, -0.25) is 4.79 Å². The first kappa shape index (κ1) is 27.3. The van der Waals surface area contributed by atoms with Crippen LogP contribution in [0.1, 0.15) is 67.3 Å². The summed E-state index contributed by atoms with van der Waals surface area (Å²) in [5, 5.41) is 19.9. The summed E-state index contributed by atoms with van der Waals surface area (Å²) in [5.41, 5.74) is 1.15. The molecule has 0 amide bonds. The van der Waals surface area contributed by atoms with Crippen LogP contribution in [0, 0.1) is 17.8 Å². The van der Waals surface area contributed by atoms with Crippen LogP contribution < -0.4 is 5.32 Å². The number of hydrogen-bond acceptors (Lipinski definition) is 10. The average Bonchev–Trinajstić information content (AvgIpc) is 3.49. The van der Waals surface area contributed by atoms with Gasteiger partial charge in [0.15, 0.2) is 18.0 Å². The zero-order valence-corrected chi connectivity index (χ0v) is 24.1. The molecular formula is C30H32ClN5O6. The predicted molar refractivity (Wildman–Crippen MR) is 152 cm³/mol. The molecule has 220 valence electrons. The summed E-state index contributed by atoms with van der Waals surface area (Å²) in [5.74, 6) is 0.800. The van der Waals surface area contributed by atoms with Crippen LogP contribution in [0.25, 0.3) is 11.0 Å². The maximum Gasteiger partial charge on any atom is 0.338 e. The molecule has 12 heteroatoms. The minimum absolute atomic E-state index is 0.0302. The Bertz CT molecular complexity index is 1590. The Morgan fingerprint density at radius 3 is 2.62 bits per heavy atom. The molecule has 4 bridgehead atoms. The van der Waals surface area contributed by atoms with Gasteiger partial charge in [0.1, 0.15) is 11.9 Å². The van der Waals surface area contributed by atoms with Gasteiger partial charge in [0.2, 0.25) is 5.28 Å². The lowest BCUT2D eigenvalue weighted by Crippen LogP contribution is -2.59. The summed E-state index contributed by atoms with van der Waals surface area (Å²) in [6.45, 7) is 5.50. The second-order valence-corrected chi connectivity index (χ2v) is 12.5. The highest BCUT2D eigenvalue weighted by atomic mass is 35.5. The van der Waals surface area contributed by atoms with E-state index in [0.29, 0.717) is 51.3 Å². The summed E-state index contributed by atoms with van der Waals surface area (Å²) in [7, 11) is 1.31. The van der Waals surface area contributed by atoms with E-state index in [1.54, 1.807) is 30.5 Å². The number of hydrogen-bond donors (Lipinski definition) is 2. The molecule has 2 aromatic heterocycles. The van der Waals surface area contributed by atoms with E-state index in [0.717, 1.165) is 32.1 Å². The summed E-state index contributed by atoms with van der Waals surface area (Å²) in [6.07, 6.45) is 3.66. The van der Waals surface area contributed by atoms with E-state index in [9.17, 15) is 14.7 Å². The van der Waals surface area contributed by atoms with E-state index in [2.05, 4.69) is 27.0 Å². The summed E-state index contributed by atoms with van der Waals surface area (Å²) < 4.78 is 18.6. The largest absolute Gasteiger partial charge is 0.465 e. The van der Waals surface area contributed by atoms with Gasteiger partial charge >= 0.3 is 11.9 Å². The van der Waals surface area contributed by atoms with E-state index < -0.39 is 36.0 Å². The lowest BCUT2D eigenvalue weighted by molar-refractivity contribution is -0.151. The molecule has 1 saturated heterocycles. The molecule has 11 nitrogen and oxygen atoms in total. The number of fused-ring (bicyclic) bond motifs is 1. The second-order valence-electron chi connectivity index (χ2n) is 12.1. The lowest BCUT2D eigenvalue weighted by Gasteiger charge is -2.58. The number of halogens is 1. The normalized spacial score (nSPS) is 33.2. The standard InChI is InChI=1S/C30H32ClN5O6/c1-14-23(19-6-4-5-7-20(19)28(38)40-3)42-27(24(14)41-15(2)37)36-26-21(13-32-36)25(34-29(31)35-26)33-22-17-8-16-9-18(22)12-30(39,10-16)11-17/h4-7,13,16-18,22-24,27,39H,1,8-12H2,2-3H3,(H,33,34,35)/t16?,17-,18?,22?,23-,24-,27-,30?/m1/s1. The van der Waals surface area contributed by atoms with Gasteiger partial charge in [-0.2, -0.15) is 15.1 Å². The van der Waals surface area contributed by atoms with E-state index in [4.69, 9.17) is 25.8 Å². The second kappa shape index (κ2) is 10.0. The highest BCUT2D eigenvalue weighted by Crippen LogP contribution is 2.56. The third-order valence-corrected chi connectivity index (χ3v) is 9.56. The van der Waals surface area contributed by atoms with Crippen molar-refractivity contribution >= 4 is 40.4 Å². The van der Waals surface area contributed by atoms with E-state index in [-0.39, 0.29) is 11.3 Å². The number of aromatic nitrogens is 4. The average molecular weight is 594 g/mol. The molecular weight excluding hydrogens is 562 g/mol. The van der Waals surface area contributed by atoms with Crippen LogP contribution in [0.15, 0.2) is 42.6 Å². The summed E-state index contributed by atoms with van der Waals surface area (Å²) in [6, 6.07) is 7.06. The van der Waals surface area contributed by atoms with Crippen molar-refractivity contribution in [2.75, 3.05) is 12.4 Å². The van der Waals surface area contributed by atoms with Gasteiger partial charge in [0.05, 0.1) is 29.9 Å². The number of carbonyl (C=O) groups excluding carboxylic acids is 2. The number of methoxy groups -OCH3 is 1. The number of nitrogens with zero attached hydrogens (tertiary/aromatic N) is 4. The number of benzene rings is 1. The minimum atomic E-state index is -0.941. The number of rotatable bonds is 6. The quantitative estimate of drug-likeness (QED) is 0.241. The molecule has 8 atom stereocenters. The zero-order chi connectivity index (χ0) is 29.3. The fraction of sp³-hybridized carbons (Fsp3) is 0.500. The number of ether oxygens (including phenoxy) is 3. The molecule has 2 N–H and O–H groups in total. The summed E-state index contributed by atoms with van der Waals surface area (Å²) >= 11 is 6.46. The first-order valence-electron chi connectivity index (χ1n) is 14.2. The highest BCUT2D eigenvalue weighted by molar-refractivity contribution is 6.28. The molecule has 0 radical (unpaired) electrons. The maximum absolute atomic E-state index is 12.5. The molecule has 42 heavy (non-hydrogen) atoms. The van der Waals surface area contributed by atoms with Crippen LogP contribution in [-0.4, -0.2) is 61.7 Å². The third kappa shape index (κ3) is 4.45. The van der Waals surface area contributed by atoms with Gasteiger partial charge in [0, 0.05) is 18.5 Å². The number of anilines is 1. The fourth-order valence-corrected chi connectivity index (χ4v) is 8.16. The van der Waals surface area contributed by atoms with Gasteiger partial charge < -0.3 is 24.6 Å². The van der Waals surface area contributed by atoms with Crippen molar-refractivity contribution < 1.29 is 28.9 Å². The SMILES string of the molecule is C=C1[C@H](c2ccccc2C(=O)OC)O[C@@H](n2ncc3c(NC4C5CC6C[C@@H]4CC(O)(C6)C5)nc(Cl)nc32)[C@@H]1OC(C)=O. The Balaban J connectivity index is 1.24. The van der Waals surface area contributed by atoms with Crippen molar-refractivity contribution in [3.8, 4) is 0 Å². The van der Waals surface area contributed by atoms with Crippen molar-refractivity contribution in [1.82, 2.24) is 19.7 Å². The number of aliphatic hydroxyl groups is 1. The summed E-state index contributed by atoms with van der Waals surface area (Å²) in [4.78, 5) is 33.7. The fourth-order valence-electron chi connectivity index (χ4n) is 7.99. The molecule has 4 unspecified atom stereocenters. The Kier molecular flexibility index (Phi) is 6.52. The van der Waals surface area contributed by atoms with Crippen molar-refractivity contribution in [3.05, 3.63) is 59.0 Å². The van der Waals surface area contributed by atoms with Crippen molar-refractivity contribution in [3.63, 3.8) is 0 Å². The van der Waals surface area contributed by atoms with Crippen LogP contribution in [0.5, 0.6) is 0 Å². The molecule has 1 aliphatic heterocycles. The smallest absolute Gasteiger partial charge is 0.338 e. The Morgan fingerprint density at radius 1 is 1.19 bits per heavy atom. The molecule has 4 saturated carbocycles. The molecule has 3 aromatic rings. The maximum atomic E-state index is 12.5. The monoisotopic (exact) mass is 593 g/mol. The molecule has 8 rings (SSSR count). The predicted octanol–water partition coefficient (Wildman–Crippen LogP) is 4.38. The number of carbonyl (C=O) groups is 2. The van der Waals surface area contributed by atoms with Crippen molar-refractivity contribution in [1.29, 1.82) is 0 Å². The molecule has 3 heterocycles. The van der Waals surface area contributed by atoms with Gasteiger partial charge in [-0.15, -0.1) is 0 Å². The first-order chi connectivity index (χ1) is 20.1. The molecule has 5 aliphatic rings. The van der Waals surface area contributed by atoms with Crippen LogP contribution in [0.2, 0.25) is 5.28 Å². The van der Waals surface area contributed by atoms with Gasteiger partial charge in [-0.05, 0) is 73.1 Å². The number of esters is 2. The van der Waals surface area contributed by atoms with Gasteiger partial charge in [-0.1, -0.05) is 24.8 Å². The third-order valence-electron chi connectivity index (χ3n) is 9.39. The number of nitrogens with one attached hydrogen (secondary N) is 1. The van der Waals surface area contributed by atoms with Crippen LogP contribution >= 0.6 is 11.6 Å². The van der Waals surface area contributed by atoms with E-state index in [1.165, 1.54) is 18.7 Å². The minimum Gasteiger partial charge on any atom is -0.465 e. The van der Waals surface area contributed by atoms with Crippen molar-refractivity contribution in [2.45, 2.75) is 69.1 Å². The zero-order valence-electron chi connectivity index (χ0n) is 23.3. The molecule has 5 fully saturated rings. The topological polar surface area (TPSA) is 138 Å². The van der Waals surface area contributed by atoms with Crippen molar-refractivity contribution in [2.24, 2.45) is 17.8 Å². The van der Waals surface area contributed by atoms with Crippen LogP contribution in [-0.2, 0) is 19.0 Å². The highest BCUT2D eigenvalue weighted by Gasteiger charge is 2.55. The Morgan fingerprint density at radius 2 is 1.93 bits per heavy atom.